The minimum absolute atomic E-state index is 0.205. The zero-order chi connectivity index (χ0) is 13.3. The van der Waals surface area contributed by atoms with E-state index in [9.17, 15) is 0 Å². The predicted octanol–water partition coefficient (Wildman–Crippen LogP) is 3.47. The summed E-state index contributed by atoms with van der Waals surface area (Å²) in [6, 6.07) is 6.17. The van der Waals surface area contributed by atoms with E-state index in [1.54, 1.807) is 0 Å². The molecule has 0 bridgehead atoms. The number of rotatable bonds is 3. The molecular formula is C15H23ClN2. The molecule has 3 heteroatoms. The van der Waals surface area contributed by atoms with Gasteiger partial charge in [-0.1, -0.05) is 17.7 Å². The van der Waals surface area contributed by atoms with Crippen LogP contribution in [-0.2, 0) is 0 Å². The number of nitrogens with one attached hydrogen (secondary N) is 1. The van der Waals surface area contributed by atoms with Gasteiger partial charge in [-0.3, -0.25) is 0 Å². The number of aryl methyl sites for hydroxylation is 1. The van der Waals surface area contributed by atoms with Crippen molar-refractivity contribution >= 4 is 17.3 Å². The van der Waals surface area contributed by atoms with E-state index in [-0.39, 0.29) is 5.54 Å². The van der Waals surface area contributed by atoms with Crippen LogP contribution in [0.15, 0.2) is 18.2 Å². The standard InChI is InChI=1S/C15H23ClN2/c1-11-5-6-13(16)7-14(11)18-10-12(9-17-4)8-15(18,2)3/h5-7,12,17H,8-10H2,1-4H3. The van der Waals surface area contributed by atoms with Gasteiger partial charge in [0, 0.05) is 22.8 Å². The maximum Gasteiger partial charge on any atom is 0.0426 e. The summed E-state index contributed by atoms with van der Waals surface area (Å²) in [4.78, 5) is 2.51. The van der Waals surface area contributed by atoms with Crippen LogP contribution in [0.25, 0.3) is 0 Å². The minimum atomic E-state index is 0.205. The molecule has 1 unspecified atom stereocenters. The number of benzene rings is 1. The van der Waals surface area contributed by atoms with Crippen molar-refractivity contribution in [1.82, 2.24) is 5.32 Å². The molecule has 1 heterocycles. The molecule has 2 nitrogen and oxygen atoms in total. The van der Waals surface area contributed by atoms with Crippen LogP contribution in [0.2, 0.25) is 5.02 Å². The van der Waals surface area contributed by atoms with Crippen molar-refractivity contribution in [3.8, 4) is 0 Å². The van der Waals surface area contributed by atoms with Gasteiger partial charge in [0.05, 0.1) is 0 Å². The molecule has 0 amide bonds. The van der Waals surface area contributed by atoms with Crippen molar-refractivity contribution in [2.75, 3.05) is 25.0 Å². The Morgan fingerprint density at radius 2 is 2.17 bits per heavy atom. The van der Waals surface area contributed by atoms with Crippen LogP contribution in [0.3, 0.4) is 0 Å². The van der Waals surface area contributed by atoms with E-state index in [1.807, 2.05) is 13.1 Å². The van der Waals surface area contributed by atoms with Crippen LogP contribution >= 0.6 is 11.6 Å². The van der Waals surface area contributed by atoms with E-state index in [4.69, 9.17) is 11.6 Å². The molecule has 1 fully saturated rings. The SMILES string of the molecule is CNCC1CN(c2cc(Cl)ccc2C)C(C)(C)C1. The highest BCUT2D eigenvalue weighted by atomic mass is 35.5. The fourth-order valence-corrected chi connectivity index (χ4v) is 3.28. The average molecular weight is 267 g/mol. The number of hydrogen-bond acceptors (Lipinski definition) is 2. The Hall–Kier alpha value is -0.730. The molecule has 0 spiro atoms. The lowest BCUT2D eigenvalue weighted by atomic mass is 9.96. The monoisotopic (exact) mass is 266 g/mol. The fraction of sp³-hybridized carbons (Fsp3) is 0.600. The third-order valence-electron chi connectivity index (χ3n) is 3.91. The Morgan fingerprint density at radius 3 is 2.83 bits per heavy atom. The van der Waals surface area contributed by atoms with Crippen LogP contribution in [-0.4, -0.2) is 25.7 Å². The highest BCUT2D eigenvalue weighted by molar-refractivity contribution is 6.30. The van der Waals surface area contributed by atoms with Gasteiger partial charge in [-0.2, -0.15) is 0 Å². The number of halogens is 1. The van der Waals surface area contributed by atoms with Gasteiger partial charge in [0.25, 0.3) is 0 Å². The molecule has 100 valence electrons. The van der Waals surface area contributed by atoms with E-state index < -0.39 is 0 Å². The van der Waals surface area contributed by atoms with Gasteiger partial charge in [-0.25, -0.2) is 0 Å². The van der Waals surface area contributed by atoms with E-state index >= 15 is 0 Å². The van der Waals surface area contributed by atoms with Crippen LogP contribution in [0.1, 0.15) is 25.8 Å². The maximum atomic E-state index is 6.15. The molecule has 0 aromatic heterocycles. The molecule has 0 aliphatic carbocycles. The van der Waals surface area contributed by atoms with Gasteiger partial charge in [-0.05, 0) is 64.4 Å². The van der Waals surface area contributed by atoms with Crippen LogP contribution in [0.4, 0.5) is 5.69 Å². The molecule has 1 aliphatic rings. The third-order valence-corrected chi connectivity index (χ3v) is 4.15. The maximum absolute atomic E-state index is 6.15. The molecule has 1 N–H and O–H groups in total. The Balaban J connectivity index is 2.29. The molecule has 2 rings (SSSR count). The minimum Gasteiger partial charge on any atom is -0.366 e. The molecule has 18 heavy (non-hydrogen) atoms. The zero-order valence-electron chi connectivity index (χ0n) is 11.8. The summed E-state index contributed by atoms with van der Waals surface area (Å²) < 4.78 is 0. The Kier molecular flexibility index (Phi) is 3.88. The molecule has 1 aromatic carbocycles. The normalized spacial score (nSPS) is 22.5. The summed E-state index contributed by atoms with van der Waals surface area (Å²) in [6.45, 7) is 8.99. The summed E-state index contributed by atoms with van der Waals surface area (Å²) in [7, 11) is 2.03. The quantitative estimate of drug-likeness (QED) is 0.901. The van der Waals surface area contributed by atoms with E-state index in [2.05, 4.69) is 43.1 Å². The van der Waals surface area contributed by atoms with Crippen molar-refractivity contribution < 1.29 is 0 Å². The fourth-order valence-electron chi connectivity index (χ4n) is 3.11. The molecule has 1 atom stereocenters. The lowest BCUT2D eigenvalue weighted by Gasteiger charge is -2.34. The molecule has 1 aromatic rings. The lowest BCUT2D eigenvalue weighted by molar-refractivity contribution is 0.461. The predicted molar refractivity (Wildman–Crippen MR) is 79.6 cm³/mol. The largest absolute Gasteiger partial charge is 0.366 e. The van der Waals surface area contributed by atoms with Crippen LogP contribution in [0, 0.1) is 12.8 Å². The summed E-state index contributed by atoms with van der Waals surface area (Å²) in [5, 5.41) is 4.12. The first kappa shape index (κ1) is 13.7. The lowest BCUT2D eigenvalue weighted by Crippen LogP contribution is -2.38. The molecule has 1 saturated heterocycles. The summed E-state index contributed by atoms with van der Waals surface area (Å²) >= 11 is 6.15. The van der Waals surface area contributed by atoms with E-state index in [0.29, 0.717) is 5.92 Å². The molecule has 0 saturated carbocycles. The van der Waals surface area contributed by atoms with Crippen molar-refractivity contribution in [1.29, 1.82) is 0 Å². The zero-order valence-corrected chi connectivity index (χ0v) is 12.5. The Bertz CT molecular complexity index is 429. The third kappa shape index (κ3) is 2.65. The first-order valence-electron chi connectivity index (χ1n) is 6.62. The van der Waals surface area contributed by atoms with Crippen molar-refractivity contribution in [3.63, 3.8) is 0 Å². The number of hydrogen-bond donors (Lipinski definition) is 1. The topological polar surface area (TPSA) is 15.3 Å². The smallest absolute Gasteiger partial charge is 0.0426 e. The summed E-state index contributed by atoms with van der Waals surface area (Å²) in [5.74, 6) is 0.711. The molecule has 0 radical (unpaired) electrons. The first-order chi connectivity index (χ1) is 8.44. The van der Waals surface area contributed by atoms with Crippen LogP contribution in [0.5, 0.6) is 0 Å². The highest BCUT2D eigenvalue weighted by Gasteiger charge is 2.38. The van der Waals surface area contributed by atoms with Gasteiger partial charge in [-0.15, -0.1) is 0 Å². The van der Waals surface area contributed by atoms with E-state index in [0.717, 1.165) is 18.1 Å². The van der Waals surface area contributed by atoms with Crippen LogP contribution < -0.4 is 10.2 Å². The summed E-state index contributed by atoms with van der Waals surface area (Å²) in [6.07, 6.45) is 1.22. The second-order valence-electron chi connectivity index (χ2n) is 5.98. The Morgan fingerprint density at radius 1 is 1.44 bits per heavy atom. The molecule has 1 aliphatic heterocycles. The summed E-state index contributed by atoms with van der Waals surface area (Å²) in [5.41, 5.74) is 2.79. The van der Waals surface area contributed by atoms with Gasteiger partial charge >= 0.3 is 0 Å². The van der Waals surface area contributed by atoms with Gasteiger partial charge in [0.15, 0.2) is 0 Å². The second-order valence-corrected chi connectivity index (χ2v) is 6.42. The number of nitrogens with zero attached hydrogens (tertiary/aromatic N) is 1. The highest BCUT2D eigenvalue weighted by Crippen LogP contribution is 2.38. The first-order valence-corrected chi connectivity index (χ1v) is 7.00. The van der Waals surface area contributed by atoms with Gasteiger partial charge in [0.1, 0.15) is 0 Å². The molecular weight excluding hydrogens is 244 g/mol. The van der Waals surface area contributed by atoms with Crippen molar-refractivity contribution in [3.05, 3.63) is 28.8 Å². The average Bonchev–Trinajstić information content (AvgIpc) is 2.57. The van der Waals surface area contributed by atoms with Crippen molar-refractivity contribution in [2.45, 2.75) is 32.7 Å². The van der Waals surface area contributed by atoms with Crippen molar-refractivity contribution in [2.24, 2.45) is 5.92 Å². The second kappa shape index (κ2) is 5.10. The number of anilines is 1. The van der Waals surface area contributed by atoms with Gasteiger partial charge in [0.2, 0.25) is 0 Å². The van der Waals surface area contributed by atoms with E-state index in [1.165, 1.54) is 17.7 Å². The Labute approximate surface area is 115 Å². The van der Waals surface area contributed by atoms with Gasteiger partial charge < -0.3 is 10.2 Å².